The van der Waals surface area contributed by atoms with Crippen LogP contribution in [-0.2, 0) is 4.79 Å². The SMILES string of the molecule is CC(C)c1ccc(NC(=O)[C@@H](N)C(C)C)cc1. The van der Waals surface area contributed by atoms with Crippen LogP contribution in [0.15, 0.2) is 24.3 Å². The van der Waals surface area contributed by atoms with Crippen molar-refractivity contribution in [3.8, 4) is 0 Å². The van der Waals surface area contributed by atoms with E-state index in [2.05, 4.69) is 19.2 Å². The molecule has 0 saturated heterocycles. The molecule has 1 rings (SSSR count). The zero-order valence-corrected chi connectivity index (χ0v) is 11.0. The Morgan fingerprint density at radius 3 is 2.06 bits per heavy atom. The monoisotopic (exact) mass is 234 g/mol. The van der Waals surface area contributed by atoms with Crippen LogP contribution in [0.3, 0.4) is 0 Å². The summed E-state index contributed by atoms with van der Waals surface area (Å²) in [5.74, 6) is 0.514. The number of carbonyl (C=O) groups is 1. The lowest BCUT2D eigenvalue weighted by Gasteiger charge is -2.15. The van der Waals surface area contributed by atoms with Crippen LogP contribution in [-0.4, -0.2) is 11.9 Å². The number of rotatable bonds is 4. The Morgan fingerprint density at radius 2 is 1.65 bits per heavy atom. The molecule has 0 spiro atoms. The van der Waals surface area contributed by atoms with Gasteiger partial charge >= 0.3 is 0 Å². The van der Waals surface area contributed by atoms with Crippen LogP contribution in [0.1, 0.15) is 39.2 Å². The van der Waals surface area contributed by atoms with Crippen LogP contribution in [0, 0.1) is 5.92 Å². The van der Waals surface area contributed by atoms with E-state index in [0.717, 1.165) is 5.69 Å². The number of nitrogens with one attached hydrogen (secondary N) is 1. The van der Waals surface area contributed by atoms with E-state index >= 15 is 0 Å². The Hall–Kier alpha value is -1.35. The van der Waals surface area contributed by atoms with Crippen molar-refractivity contribution < 1.29 is 4.79 Å². The number of benzene rings is 1. The molecule has 1 aromatic rings. The summed E-state index contributed by atoms with van der Waals surface area (Å²) in [6.45, 7) is 8.16. The molecule has 0 radical (unpaired) electrons. The van der Waals surface area contributed by atoms with Gasteiger partial charge in [-0.1, -0.05) is 39.8 Å². The summed E-state index contributed by atoms with van der Waals surface area (Å²) in [6, 6.07) is 7.43. The summed E-state index contributed by atoms with van der Waals surface area (Å²) in [5.41, 5.74) is 7.84. The fourth-order valence-corrected chi connectivity index (χ4v) is 1.48. The maximum absolute atomic E-state index is 11.7. The first-order valence-corrected chi connectivity index (χ1v) is 6.08. The highest BCUT2D eigenvalue weighted by Gasteiger charge is 2.16. The quantitative estimate of drug-likeness (QED) is 0.841. The lowest BCUT2D eigenvalue weighted by atomic mass is 10.0. The highest BCUT2D eigenvalue weighted by molar-refractivity contribution is 5.94. The minimum absolute atomic E-state index is 0.128. The van der Waals surface area contributed by atoms with E-state index in [1.165, 1.54) is 5.56 Å². The summed E-state index contributed by atoms with van der Waals surface area (Å²) in [7, 11) is 0. The first-order valence-electron chi connectivity index (χ1n) is 6.08. The number of anilines is 1. The Kier molecular flexibility index (Phi) is 4.70. The van der Waals surface area contributed by atoms with E-state index in [1.807, 2.05) is 38.1 Å². The van der Waals surface area contributed by atoms with Crippen molar-refractivity contribution in [3.05, 3.63) is 29.8 Å². The predicted octanol–water partition coefficient (Wildman–Crippen LogP) is 2.73. The van der Waals surface area contributed by atoms with E-state index in [9.17, 15) is 4.79 Å². The molecule has 0 fully saturated rings. The Labute approximate surface area is 103 Å². The first kappa shape index (κ1) is 13.7. The van der Waals surface area contributed by atoms with Gasteiger partial charge in [0.05, 0.1) is 6.04 Å². The number of hydrogen-bond acceptors (Lipinski definition) is 2. The second-order valence-corrected chi connectivity index (χ2v) is 5.04. The molecule has 0 heterocycles. The maximum atomic E-state index is 11.7. The highest BCUT2D eigenvalue weighted by Crippen LogP contribution is 2.17. The van der Waals surface area contributed by atoms with Crippen molar-refractivity contribution >= 4 is 11.6 Å². The molecule has 0 aliphatic rings. The van der Waals surface area contributed by atoms with E-state index in [-0.39, 0.29) is 11.8 Å². The van der Waals surface area contributed by atoms with Crippen molar-refractivity contribution in [2.75, 3.05) is 5.32 Å². The Morgan fingerprint density at radius 1 is 1.12 bits per heavy atom. The van der Waals surface area contributed by atoms with Gasteiger partial charge in [0.1, 0.15) is 0 Å². The van der Waals surface area contributed by atoms with E-state index in [1.54, 1.807) is 0 Å². The van der Waals surface area contributed by atoms with Crippen LogP contribution in [0.25, 0.3) is 0 Å². The van der Waals surface area contributed by atoms with Crippen molar-refractivity contribution in [1.29, 1.82) is 0 Å². The maximum Gasteiger partial charge on any atom is 0.241 e. The van der Waals surface area contributed by atoms with E-state index in [0.29, 0.717) is 5.92 Å². The normalized spacial score (nSPS) is 12.9. The zero-order valence-electron chi connectivity index (χ0n) is 11.0. The van der Waals surface area contributed by atoms with Crippen molar-refractivity contribution in [3.63, 3.8) is 0 Å². The van der Waals surface area contributed by atoms with E-state index in [4.69, 9.17) is 5.73 Å². The standard InChI is InChI=1S/C14H22N2O/c1-9(2)11-5-7-12(8-6-11)16-14(17)13(15)10(3)4/h5-10,13H,15H2,1-4H3,(H,16,17)/t13-/m0/s1. The van der Waals surface area contributed by atoms with Gasteiger partial charge in [0.15, 0.2) is 0 Å². The molecule has 0 aliphatic carbocycles. The second kappa shape index (κ2) is 5.82. The van der Waals surface area contributed by atoms with Gasteiger partial charge in [0.25, 0.3) is 0 Å². The van der Waals surface area contributed by atoms with Crippen molar-refractivity contribution in [1.82, 2.24) is 0 Å². The molecule has 0 unspecified atom stereocenters. The third-order valence-electron chi connectivity index (χ3n) is 2.87. The van der Waals surface area contributed by atoms with Crippen LogP contribution in [0.4, 0.5) is 5.69 Å². The fraction of sp³-hybridized carbons (Fsp3) is 0.500. The average molecular weight is 234 g/mol. The summed E-state index contributed by atoms with van der Waals surface area (Å²) in [5, 5.41) is 2.83. The molecule has 0 aliphatic heterocycles. The topological polar surface area (TPSA) is 55.1 Å². The smallest absolute Gasteiger partial charge is 0.241 e. The van der Waals surface area contributed by atoms with Crippen LogP contribution in [0.5, 0.6) is 0 Å². The molecule has 3 N–H and O–H groups in total. The molecule has 1 aromatic carbocycles. The summed E-state index contributed by atoms with van der Waals surface area (Å²) >= 11 is 0. The average Bonchev–Trinajstić information content (AvgIpc) is 2.28. The summed E-state index contributed by atoms with van der Waals surface area (Å²) in [4.78, 5) is 11.7. The molecule has 0 saturated carbocycles. The van der Waals surface area contributed by atoms with Crippen molar-refractivity contribution in [2.45, 2.75) is 39.7 Å². The second-order valence-electron chi connectivity index (χ2n) is 5.04. The molecule has 0 aromatic heterocycles. The molecule has 0 bridgehead atoms. The fourth-order valence-electron chi connectivity index (χ4n) is 1.48. The van der Waals surface area contributed by atoms with Gasteiger partial charge < -0.3 is 11.1 Å². The molecule has 3 nitrogen and oxygen atoms in total. The number of amides is 1. The minimum Gasteiger partial charge on any atom is -0.325 e. The summed E-state index contributed by atoms with van der Waals surface area (Å²) in [6.07, 6.45) is 0. The van der Waals surface area contributed by atoms with Crippen molar-refractivity contribution in [2.24, 2.45) is 11.7 Å². The highest BCUT2D eigenvalue weighted by atomic mass is 16.2. The molecule has 17 heavy (non-hydrogen) atoms. The molecule has 94 valence electrons. The van der Waals surface area contributed by atoms with Gasteiger partial charge in [0, 0.05) is 5.69 Å². The van der Waals surface area contributed by atoms with Gasteiger partial charge in [0.2, 0.25) is 5.91 Å². The minimum atomic E-state index is -0.459. The van der Waals surface area contributed by atoms with Crippen LogP contribution >= 0.6 is 0 Å². The predicted molar refractivity (Wildman–Crippen MR) is 72.0 cm³/mol. The lowest BCUT2D eigenvalue weighted by molar-refractivity contribution is -0.118. The third-order valence-corrected chi connectivity index (χ3v) is 2.87. The molecule has 3 heteroatoms. The number of hydrogen-bond donors (Lipinski definition) is 2. The Bertz CT molecular complexity index is 368. The number of nitrogens with two attached hydrogens (primary N) is 1. The summed E-state index contributed by atoms with van der Waals surface area (Å²) < 4.78 is 0. The van der Waals surface area contributed by atoms with Gasteiger partial charge in [-0.2, -0.15) is 0 Å². The molecule has 1 atom stereocenters. The van der Waals surface area contributed by atoms with Crippen LogP contribution in [0.2, 0.25) is 0 Å². The van der Waals surface area contributed by atoms with Gasteiger partial charge in [-0.15, -0.1) is 0 Å². The van der Waals surface area contributed by atoms with Crippen LogP contribution < -0.4 is 11.1 Å². The zero-order chi connectivity index (χ0) is 13.0. The molecular formula is C14H22N2O. The largest absolute Gasteiger partial charge is 0.325 e. The number of carbonyl (C=O) groups excluding carboxylic acids is 1. The van der Waals surface area contributed by atoms with Gasteiger partial charge in [-0.05, 0) is 29.5 Å². The van der Waals surface area contributed by atoms with E-state index < -0.39 is 6.04 Å². The van der Waals surface area contributed by atoms with Gasteiger partial charge in [-0.25, -0.2) is 0 Å². The third kappa shape index (κ3) is 3.86. The molecule has 1 amide bonds. The Balaban J connectivity index is 2.66. The van der Waals surface area contributed by atoms with Gasteiger partial charge in [-0.3, -0.25) is 4.79 Å². The molecular weight excluding hydrogens is 212 g/mol. The first-order chi connectivity index (χ1) is 7.91. The lowest BCUT2D eigenvalue weighted by Crippen LogP contribution is -2.39.